The van der Waals surface area contributed by atoms with E-state index in [1.165, 1.54) is 0 Å². The Hall–Kier alpha value is -0.120. The first-order valence-electron chi connectivity index (χ1n) is 2.62. The molecule has 2 N–H and O–H groups in total. The molecular formula is C5H13NO2. The molecule has 0 spiro atoms. The predicted molar refractivity (Wildman–Crippen MR) is 31.2 cm³/mol. The van der Waals surface area contributed by atoms with Gasteiger partial charge in [0.05, 0.1) is 13.2 Å². The molecule has 0 heterocycles. The number of rotatable bonds is 4. The molecule has 3 nitrogen and oxygen atoms in total. The van der Waals surface area contributed by atoms with Crippen molar-refractivity contribution in [2.45, 2.75) is 6.92 Å². The van der Waals surface area contributed by atoms with Crippen molar-refractivity contribution < 1.29 is 9.57 Å². The van der Waals surface area contributed by atoms with Gasteiger partial charge < -0.3 is 9.57 Å². The Morgan fingerprint density at radius 2 is 2.12 bits per heavy atom. The molecule has 0 aromatic carbocycles. The predicted octanol–water partition coefficient (Wildman–Crippen LogP) is 0.159. The fraction of sp³-hybridized carbons (Fsp3) is 1.00. The van der Waals surface area contributed by atoms with Crippen LogP contribution in [-0.2, 0) is 9.57 Å². The number of hydrogen-bond acceptors (Lipinski definition) is 3. The molecule has 0 saturated heterocycles. The van der Waals surface area contributed by atoms with Gasteiger partial charge in [0.25, 0.3) is 0 Å². The van der Waals surface area contributed by atoms with E-state index in [9.17, 15) is 0 Å². The molecule has 0 unspecified atom stereocenters. The van der Waals surface area contributed by atoms with Crippen LogP contribution in [0.1, 0.15) is 6.92 Å². The van der Waals surface area contributed by atoms with Gasteiger partial charge in [0.1, 0.15) is 0 Å². The number of nitrogens with two attached hydrogens (primary N) is 1. The van der Waals surface area contributed by atoms with Crippen molar-refractivity contribution >= 4 is 0 Å². The summed E-state index contributed by atoms with van der Waals surface area (Å²) in [6.45, 7) is 3.28. The lowest BCUT2D eigenvalue weighted by Gasteiger charge is -2.05. The Labute approximate surface area is 49.7 Å². The molecule has 0 aliphatic rings. The van der Waals surface area contributed by atoms with Gasteiger partial charge in [-0.15, -0.1) is 0 Å². The SMILES string of the molecule is COC[C@@H](C)CON. The fourth-order valence-electron chi connectivity index (χ4n) is 0.497. The average Bonchev–Trinajstić information content (AvgIpc) is 1.68. The van der Waals surface area contributed by atoms with Crippen molar-refractivity contribution in [3.63, 3.8) is 0 Å². The van der Waals surface area contributed by atoms with Gasteiger partial charge in [0.15, 0.2) is 0 Å². The Balaban J connectivity index is 2.92. The van der Waals surface area contributed by atoms with E-state index in [1.54, 1.807) is 7.11 Å². The molecule has 0 fully saturated rings. The topological polar surface area (TPSA) is 44.5 Å². The molecule has 0 aromatic heterocycles. The molecule has 0 aromatic rings. The molecule has 0 saturated carbocycles. The summed E-state index contributed by atoms with van der Waals surface area (Å²) in [5.41, 5.74) is 0. The minimum atomic E-state index is 0.394. The van der Waals surface area contributed by atoms with E-state index in [-0.39, 0.29) is 0 Å². The zero-order valence-electron chi connectivity index (χ0n) is 5.39. The first-order valence-corrected chi connectivity index (χ1v) is 2.62. The molecule has 3 heteroatoms. The lowest BCUT2D eigenvalue weighted by atomic mass is 10.2. The lowest BCUT2D eigenvalue weighted by Crippen LogP contribution is -2.14. The summed E-state index contributed by atoms with van der Waals surface area (Å²) in [7, 11) is 1.66. The van der Waals surface area contributed by atoms with Crippen molar-refractivity contribution in [1.82, 2.24) is 0 Å². The highest BCUT2D eigenvalue weighted by atomic mass is 16.6. The number of methoxy groups -OCH3 is 1. The quantitative estimate of drug-likeness (QED) is 0.536. The molecule has 0 bridgehead atoms. The molecule has 50 valence electrons. The minimum Gasteiger partial charge on any atom is -0.384 e. The largest absolute Gasteiger partial charge is 0.384 e. The Morgan fingerprint density at radius 1 is 1.50 bits per heavy atom. The molecule has 0 aliphatic carbocycles. The summed E-state index contributed by atoms with van der Waals surface area (Å²) in [5, 5.41) is 0. The minimum absolute atomic E-state index is 0.394. The maximum atomic E-state index is 4.82. The standard InChI is InChI=1S/C5H13NO2/c1-5(3-7-2)4-8-6/h5H,3-4,6H2,1-2H3/t5-/m1/s1. The summed E-state index contributed by atoms with van der Waals surface area (Å²) >= 11 is 0. The second-order valence-corrected chi connectivity index (χ2v) is 1.89. The maximum absolute atomic E-state index is 4.82. The Bertz CT molecular complexity index is 43.7. The lowest BCUT2D eigenvalue weighted by molar-refractivity contribution is 0.0651. The smallest absolute Gasteiger partial charge is 0.0726 e. The van der Waals surface area contributed by atoms with E-state index >= 15 is 0 Å². The van der Waals surface area contributed by atoms with E-state index in [1.807, 2.05) is 6.92 Å². The van der Waals surface area contributed by atoms with Crippen LogP contribution < -0.4 is 5.90 Å². The normalized spacial score (nSPS) is 13.9. The van der Waals surface area contributed by atoms with Crippen LogP contribution in [0.2, 0.25) is 0 Å². The van der Waals surface area contributed by atoms with E-state index in [2.05, 4.69) is 4.84 Å². The van der Waals surface area contributed by atoms with Gasteiger partial charge >= 0.3 is 0 Å². The molecule has 0 rings (SSSR count). The van der Waals surface area contributed by atoms with Gasteiger partial charge in [0, 0.05) is 13.0 Å². The molecule has 0 aliphatic heterocycles. The Kier molecular flexibility index (Phi) is 4.95. The van der Waals surface area contributed by atoms with Crippen LogP contribution in [0.15, 0.2) is 0 Å². The second kappa shape index (κ2) is 5.03. The van der Waals surface area contributed by atoms with Crippen LogP contribution in [0.4, 0.5) is 0 Å². The van der Waals surface area contributed by atoms with E-state index in [0.717, 1.165) is 0 Å². The summed E-state index contributed by atoms with van der Waals surface area (Å²) in [4.78, 5) is 4.38. The fourth-order valence-corrected chi connectivity index (χ4v) is 0.497. The summed E-state index contributed by atoms with van der Waals surface area (Å²) < 4.78 is 4.82. The van der Waals surface area contributed by atoms with Crippen LogP contribution in [0.3, 0.4) is 0 Å². The molecule has 0 radical (unpaired) electrons. The summed E-state index contributed by atoms with van der Waals surface area (Å²) in [6, 6.07) is 0. The molecule has 0 amide bonds. The number of ether oxygens (including phenoxy) is 1. The van der Waals surface area contributed by atoms with Gasteiger partial charge in [-0.05, 0) is 0 Å². The summed E-state index contributed by atoms with van der Waals surface area (Å²) in [6.07, 6.45) is 0. The third-order valence-corrected chi connectivity index (χ3v) is 0.832. The van der Waals surface area contributed by atoms with Gasteiger partial charge in [0.2, 0.25) is 0 Å². The highest BCUT2D eigenvalue weighted by molar-refractivity contribution is 4.45. The highest BCUT2D eigenvalue weighted by Crippen LogP contribution is 1.92. The molecule has 1 atom stereocenters. The zero-order chi connectivity index (χ0) is 6.41. The van der Waals surface area contributed by atoms with Crippen molar-refractivity contribution in [1.29, 1.82) is 0 Å². The van der Waals surface area contributed by atoms with Gasteiger partial charge in [-0.1, -0.05) is 6.92 Å². The van der Waals surface area contributed by atoms with Crippen LogP contribution >= 0.6 is 0 Å². The average molecular weight is 119 g/mol. The van der Waals surface area contributed by atoms with Crippen molar-refractivity contribution in [2.75, 3.05) is 20.3 Å². The van der Waals surface area contributed by atoms with Gasteiger partial charge in [-0.2, -0.15) is 0 Å². The molecule has 8 heavy (non-hydrogen) atoms. The van der Waals surface area contributed by atoms with Gasteiger partial charge in [-0.3, -0.25) is 0 Å². The first kappa shape index (κ1) is 7.88. The zero-order valence-corrected chi connectivity index (χ0v) is 5.39. The first-order chi connectivity index (χ1) is 3.81. The summed E-state index contributed by atoms with van der Waals surface area (Å²) in [5.74, 6) is 5.20. The molecular weight excluding hydrogens is 106 g/mol. The van der Waals surface area contributed by atoms with Gasteiger partial charge in [-0.25, -0.2) is 5.90 Å². The highest BCUT2D eigenvalue weighted by Gasteiger charge is 1.97. The number of hydrogen-bond donors (Lipinski definition) is 1. The van der Waals surface area contributed by atoms with Crippen LogP contribution in [0, 0.1) is 5.92 Å². The van der Waals surface area contributed by atoms with E-state index in [4.69, 9.17) is 10.6 Å². The maximum Gasteiger partial charge on any atom is 0.0726 e. The third-order valence-electron chi connectivity index (χ3n) is 0.832. The Morgan fingerprint density at radius 3 is 2.50 bits per heavy atom. The van der Waals surface area contributed by atoms with Crippen LogP contribution in [0.5, 0.6) is 0 Å². The van der Waals surface area contributed by atoms with Crippen LogP contribution in [-0.4, -0.2) is 20.3 Å². The monoisotopic (exact) mass is 119 g/mol. The third kappa shape index (κ3) is 4.05. The van der Waals surface area contributed by atoms with E-state index < -0.39 is 0 Å². The van der Waals surface area contributed by atoms with Crippen molar-refractivity contribution in [3.8, 4) is 0 Å². The van der Waals surface area contributed by atoms with Crippen molar-refractivity contribution in [3.05, 3.63) is 0 Å². The van der Waals surface area contributed by atoms with E-state index in [0.29, 0.717) is 19.1 Å². The van der Waals surface area contributed by atoms with Crippen molar-refractivity contribution in [2.24, 2.45) is 11.8 Å². The second-order valence-electron chi connectivity index (χ2n) is 1.89. The van der Waals surface area contributed by atoms with Crippen LogP contribution in [0.25, 0.3) is 0 Å².